The van der Waals surface area contributed by atoms with Crippen molar-refractivity contribution in [2.75, 3.05) is 18.5 Å². The second-order valence-corrected chi connectivity index (χ2v) is 5.39. The molecule has 2 aromatic heterocycles. The summed E-state index contributed by atoms with van der Waals surface area (Å²) in [6.45, 7) is 0.739. The molecule has 2 aromatic rings. The van der Waals surface area contributed by atoms with Crippen molar-refractivity contribution in [1.29, 1.82) is 0 Å². The van der Waals surface area contributed by atoms with Gasteiger partial charge >= 0.3 is 6.01 Å². The molecular weight excluding hydrogens is 306 g/mol. The van der Waals surface area contributed by atoms with E-state index >= 15 is 0 Å². The second kappa shape index (κ2) is 5.51. The number of hydrogen-bond donors (Lipinski definition) is 1. The molecule has 0 radical (unpaired) electrons. The van der Waals surface area contributed by atoms with Crippen LogP contribution in [0.4, 0.5) is 6.01 Å². The predicted molar refractivity (Wildman–Crippen MR) is 71.2 cm³/mol. The number of hydrogen-bond acceptors (Lipinski definition) is 7. The van der Waals surface area contributed by atoms with Gasteiger partial charge in [-0.3, -0.25) is 10.1 Å². The van der Waals surface area contributed by atoms with E-state index in [1.807, 2.05) is 0 Å². The molecule has 104 valence electrons. The number of carbonyl (C=O) groups is 1. The summed E-state index contributed by atoms with van der Waals surface area (Å²) in [5, 5.41) is 9.98. The van der Waals surface area contributed by atoms with Crippen LogP contribution in [0.2, 0.25) is 4.34 Å². The van der Waals surface area contributed by atoms with E-state index in [2.05, 4.69) is 15.5 Å². The van der Waals surface area contributed by atoms with Gasteiger partial charge in [0, 0.05) is 0 Å². The van der Waals surface area contributed by atoms with E-state index in [4.69, 9.17) is 25.5 Å². The Labute approximate surface area is 122 Å². The van der Waals surface area contributed by atoms with Crippen molar-refractivity contribution in [1.82, 2.24) is 10.2 Å². The van der Waals surface area contributed by atoms with Gasteiger partial charge in [-0.2, -0.15) is 0 Å². The Hall–Kier alpha value is -2.06. The van der Waals surface area contributed by atoms with E-state index in [9.17, 15) is 4.79 Å². The first-order chi connectivity index (χ1) is 9.72. The number of ether oxygens (including phenoxy) is 2. The number of nitrogens with one attached hydrogen (secondary N) is 1. The van der Waals surface area contributed by atoms with Gasteiger partial charge in [0.25, 0.3) is 11.8 Å². The Balaban J connectivity index is 1.71. The molecule has 1 N–H and O–H groups in total. The number of nitrogens with zero attached hydrogens (tertiary/aromatic N) is 2. The molecule has 0 spiro atoms. The number of anilines is 1. The minimum atomic E-state index is -0.510. The van der Waals surface area contributed by atoms with Crippen LogP contribution in [-0.2, 0) is 14.3 Å². The second-order valence-electron chi connectivity index (χ2n) is 3.67. The quantitative estimate of drug-likeness (QED) is 0.935. The zero-order valence-corrected chi connectivity index (χ0v) is 11.5. The molecule has 0 fully saturated rings. The molecule has 1 aliphatic rings. The van der Waals surface area contributed by atoms with E-state index in [1.54, 1.807) is 12.1 Å². The Morgan fingerprint density at radius 1 is 1.35 bits per heavy atom. The third kappa shape index (κ3) is 2.75. The lowest BCUT2D eigenvalue weighted by Crippen LogP contribution is -2.21. The third-order valence-electron chi connectivity index (χ3n) is 2.30. The minimum Gasteiger partial charge on any atom is -0.494 e. The van der Waals surface area contributed by atoms with Gasteiger partial charge < -0.3 is 13.9 Å². The SMILES string of the molecule is O=C(Nc1nnc(-c2ccc(Cl)s2)o1)C1=COCCO1. The van der Waals surface area contributed by atoms with Crippen LogP contribution in [0.25, 0.3) is 10.8 Å². The van der Waals surface area contributed by atoms with Gasteiger partial charge in [0.2, 0.25) is 5.76 Å². The Morgan fingerprint density at radius 2 is 2.25 bits per heavy atom. The predicted octanol–water partition coefficient (Wildman–Crippen LogP) is 2.28. The van der Waals surface area contributed by atoms with Crippen LogP contribution in [0.5, 0.6) is 0 Å². The largest absolute Gasteiger partial charge is 0.494 e. The van der Waals surface area contributed by atoms with Crippen molar-refractivity contribution in [3.63, 3.8) is 0 Å². The first-order valence-electron chi connectivity index (χ1n) is 5.57. The average molecular weight is 314 g/mol. The summed E-state index contributed by atoms with van der Waals surface area (Å²) in [4.78, 5) is 12.5. The zero-order chi connectivity index (χ0) is 13.9. The minimum absolute atomic E-state index is 0.0235. The molecule has 20 heavy (non-hydrogen) atoms. The smallest absolute Gasteiger partial charge is 0.322 e. The lowest BCUT2D eigenvalue weighted by atomic mass is 10.5. The maximum absolute atomic E-state index is 11.8. The van der Waals surface area contributed by atoms with Crippen LogP contribution < -0.4 is 5.32 Å². The van der Waals surface area contributed by atoms with Crippen LogP contribution in [-0.4, -0.2) is 29.3 Å². The maximum atomic E-state index is 11.8. The summed E-state index contributed by atoms with van der Waals surface area (Å²) in [6, 6.07) is 3.46. The molecule has 0 atom stereocenters. The van der Waals surface area contributed by atoms with Crippen LogP contribution in [0.1, 0.15) is 0 Å². The van der Waals surface area contributed by atoms with Crippen LogP contribution in [0.3, 0.4) is 0 Å². The Bertz CT molecular complexity index is 666. The maximum Gasteiger partial charge on any atom is 0.322 e. The standard InChI is InChI=1S/C11H8ClN3O4S/c12-8-2-1-7(20-8)10-14-15-11(19-10)13-9(16)6-5-17-3-4-18-6/h1-2,5H,3-4H2,(H,13,15,16). The van der Waals surface area contributed by atoms with Gasteiger partial charge in [-0.15, -0.1) is 16.4 Å². The highest BCUT2D eigenvalue weighted by Gasteiger charge is 2.18. The van der Waals surface area contributed by atoms with Crippen molar-refractivity contribution < 1.29 is 18.7 Å². The third-order valence-corrected chi connectivity index (χ3v) is 3.52. The summed E-state index contributed by atoms with van der Waals surface area (Å²) in [5.41, 5.74) is 0. The summed E-state index contributed by atoms with van der Waals surface area (Å²) in [5.74, 6) is -0.161. The van der Waals surface area contributed by atoms with Crippen LogP contribution >= 0.6 is 22.9 Å². The van der Waals surface area contributed by atoms with E-state index in [0.717, 1.165) is 4.88 Å². The molecule has 1 amide bonds. The summed E-state index contributed by atoms with van der Waals surface area (Å²) >= 11 is 7.13. The lowest BCUT2D eigenvalue weighted by molar-refractivity contribution is -0.117. The topological polar surface area (TPSA) is 86.5 Å². The van der Waals surface area contributed by atoms with E-state index < -0.39 is 5.91 Å². The van der Waals surface area contributed by atoms with Crippen LogP contribution in [0, 0.1) is 0 Å². The normalized spacial score (nSPS) is 14.2. The first-order valence-corrected chi connectivity index (χ1v) is 6.77. The highest BCUT2D eigenvalue weighted by atomic mass is 35.5. The van der Waals surface area contributed by atoms with Crippen molar-refractivity contribution in [3.8, 4) is 10.8 Å². The molecule has 1 aliphatic heterocycles. The van der Waals surface area contributed by atoms with E-state index in [0.29, 0.717) is 17.6 Å². The number of halogens is 1. The molecule has 9 heteroatoms. The van der Waals surface area contributed by atoms with E-state index in [1.165, 1.54) is 17.6 Å². The van der Waals surface area contributed by atoms with Gasteiger partial charge in [-0.1, -0.05) is 16.7 Å². The van der Waals surface area contributed by atoms with Gasteiger partial charge in [-0.05, 0) is 12.1 Å². The fourth-order valence-electron chi connectivity index (χ4n) is 1.45. The molecule has 3 heterocycles. The lowest BCUT2D eigenvalue weighted by Gasteiger charge is -2.13. The Kier molecular flexibility index (Phi) is 3.57. The summed E-state index contributed by atoms with van der Waals surface area (Å²) < 4.78 is 16.0. The van der Waals surface area contributed by atoms with Gasteiger partial charge in [-0.25, -0.2) is 0 Å². The number of thiophene rings is 1. The number of carbonyl (C=O) groups excluding carboxylic acids is 1. The Morgan fingerprint density at radius 3 is 2.95 bits per heavy atom. The van der Waals surface area contributed by atoms with E-state index in [-0.39, 0.29) is 17.7 Å². The van der Waals surface area contributed by atoms with Crippen molar-refractivity contribution in [2.24, 2.45) is 0 Å². The molecule has 3 rings (SSSR count). The molecule has 0 aromatic carbocycles. The molecule has 7 nitrogen and oxygen atoms in total. The summed E-state index contributed by atoms with van der Waals surface area (Å²) in [6.07, 6.45) is 1.25. The zero-order valence-electron chi connectivity index (χ0n) is 9.96. The highest BCUT2D eigenvalue weighted by molar-refractivity contribution is 7.19. The van der Waals surface area contributed by atoms with Crippen LogP contribution in [0.15, 0.2) is 28.6 Å². The fourth-order valence-corrected chi connectivity index (χ4v) is 2.41. The number of aromatic nitrogens is 2. The summed E-state index contributed by atoms with van der Waals surface area (Å²) in [7, 11) is 0. The first kappa shape index (κ1) is 12.9. The molecule has 0 saturated carbocycles. The molecule has 0 unspecified atom stereocenters. The van der Waals surface area contributed by atoms with Crippen molar-refractivity contribution in [3.05, 3.63) is 28.5 Å². The fraction of sp³-hybridized carbons (Fsp3) is 0.182. The monoisotopic (exact) mass is 313 g/mol. The molecule has 0 bridgehead atoms. The molecular formula is C11H8ClN3O4S. The average Bonchev–Trinajstić information content (AvgIpc) is 3.09. The number of amides is 1. The van der Waals surface area contributed by atoms with Gasteiger partial charge in [0.15, 0.2) is 0 Å². The van der Waals surface area contributed by atoms with Crippen molar-refractivity contribution in [2.45, 2.75) is 0 Å². The highest BCUT2D eigenvalue weighted by Crippen LogP contribution is 2.30. The molecule has 0 aliphatic carbocycles. The van der Waals surface area contributed by atoms with Crippen molar-refractivity contribution >= 4 is 34.9 Å². The molecule has 0 saturated heterocycles. The van der Waals surface area contributed by atoms with Gasteiger partial charge in [0.05, 0.1) is 9.21 Å². The number of rotatable bonds is 3. The van der Waals surface area contributed by atoms with Gasteiger partial charge in [0.1, 0.15) is 19.5 Å².